The number of hydrogen-bond acceptors (Lipinski definition) is 5. The van der Waals surface area contributed by atoms with Crippen molar-refractivity contribution >= 4 is 12.2 Å². The maximum atomic E-state index is 11.7. The van der Waals surface area contributed by atoms with Gasteiger partial charge in [0.15, 0.2) is 0 Å². The Morgan fingerprint density at radius 1 is 1.27 bits per heavy atom. The number of carbonyl (C=O) groups excluding carboxylic acids is 2. The summed E-state index contributed by atoms with van der Waals surface area (Å²) in [5, 5.41) is 2.75. The van der Waals surface area contributed by atoms with Gasteiger partial charge in [-0.25, -0.2) is 14.6 Å². The minimum Gasteiger partial charge on any atom is -0.490 e. The number of aryl methyl sites for hydroxylation is 1. The molecular weight excluding hydrogens is 332 g/mol. The number of amides is 1. The Morgan fingerprint density at radius 3 is 2.62 bits per heavy atom. The molecule has 0 radical (unpaired) electrons. The van der Waals surface area contributed by atoms with Crippen LogP contribution in [0.15, 0.2) is 29.3 Å². The van der Waals surface area contributed by atoms with E-state index in [9.17, 15) is 9.59 Å². The zero-order valence-corrected chi connectivity index (χ0v) is 16.2. The van der Waals surface area contributed by atoms with Crippen molar-refractivity contribution in [2.45, 2.75) is 40.5 Å². The summed E-state index contributed by atoms with van der Waals surface area (Å²) >= 11 is 0. The lowest BCUT2D eigenvalue weighted by atomic mass is 9.82. The van der Waals surface area contributed by atoms with Gasteiger partial charge in [-0.15, -0.1) is 0 Å². The lowest BCUT2D eigenvalue weighted by Crippen LogP contribution is -2.28. The van der Waals surface area contributed by atoms with Gasteiger partial charge in [0.2, 0.25) is 6.08 Å². The Balaban J connectivity index is 2.12. The first kappa shape index (κ1) is 21.7. The molecule has 1 aromatic carbocycles. The predicted octanol–water partition coefficient (Wildman–Crippen LogP) is 3.88. The molecule has 26 heavy (non-hydrogen) atoms. The third kappa shape index (κ3) is 9.84. The quantitative estimate of drug-likeness (QED) is 0.368. The number of carbonyl (C=O) groups is 1. The number of nitrogens with zero attached hydrogens (tertiary/aromatic N) is 1. The van der Waals surface area contributed by atoms with E-state index in [-0.39, 0.29) is 12.0 Å². The predicted molar refractivity (Wildman–Crippen MR) is 101 cm³/mol. The molecule has 0 aliphatic carbocycles. The smallest absolute Gasteiger partial charge is 0.407 e. The highest BCUT2D eigenvalue weighted by Gasteiger charge is 2.20. The molecule has 0 spiro atoms. The summed E-state index contributed by atoms with van der Waals surface area (Å²) in [5.74, 6) is 1.16. The lowest BCUT2D eigenvalue weighted by Gasteiger charge is -2.25. The number of alkyl carbamates (subject to hydrolysis) is 1. The van der Waals surface area contributed by atoms with Crippen molar-refractivity contribution in [3.8, 4) is 5.75 Å². The highest BCUT2D eigenvalue weighted by atomic mass is 16.6. The van der Waals surface area contributed by atoms with Crippen LogP contribution in [0, 0.1) is 18.3 Å². The van der Waals surface area contributed by atoms with Gasteiger partial charge in [0.1, 0.15) is 19.0 Å². The number of benzene rings is 1. The summed E-state index contributed by atoms with van der Waals surface area (Å²) in [5.41, 5.74) is 1.12. The van der Waals surface area contributed by atoms with Crippen molar-refractivity contribution in [1.29, 1.82) is 0 Å². The molecule has 1 rings (SSSR count). The molecule has 0 heterocycles. The van der Waals surface area contributed by atoms with E-state index in [1.807, 2.05) is 31.2 Å². The van der Waals surface area contributed by atoms with Crippen LogP contribution in [0.1, 0.15) is 39.2 Å². The summed E-state index contributed by atoms with van der Waals surface area (Å²) in [6.45, 7) is 9.81. The Kier molecular flexibility index (Phi) is 9.45. The van der Waals surface area contributed by atoms with Crippen LogP contribution in [-0.2, 0) is 9.53 Å². The molecule has 0 aliphatic heterocycles. The SMILES string of the molecule is Cc1ccc(OCCOC(=O)NCCC(C)CC(C)(C)CN=C=O)cc1. The van der Waals surface area contributed by atoms with Crippen LogP contribution in [0.4, 0.5) is 4.79 Å². The van der Waals surface area contributed by atoms with Gasteiger partial charge in [-0.1, -0.05) is 38.5 Å². The molecule has 6 nitrogen and oxygen atoms in total. The molecule has 144 valence electrons. The van der Waals surface area contributed by atoms with E-state index in [1.165, 1.54) is 5.56 Å². The average Bonchev–Trinajstić information content (AvgIpc) is 2.58. The monoisotopic (exact) mass is 362 g/mol. The van der Waals surface area contributed by atoms with Crippen LogP contribution in [0.5, 0.6) is 5.75 Å². The van der Waals surface area contributed by atoms with Crippen LogP contribution >= 0.6 is 0 Å². The molecule has 1 atom stereocenters. The molecule has 0 aromatic heterocycles. The van der Waals surface area contributed by atoms with Gasteiger partial charge >= 0.3 is 6.09 Å². The fraction of sp³-hybridized carbons (Fsp3) is 0.600. The van der Waals surface area contributed by atoms with E-state index in [4.69, 9.17) is 9.47 Å². The Hall–Kier alpha value is -2.33. The Morgan fingerprint density at radius 2 is 1.96 bits per heavy atom. The van der Waals surface area contributed by atoms with Crippen LogP contribution < -0.4 is 10.1 Å². The van der Waals surface area contributed by atoms with E-state index < -0.39 is 6.09 Å². The fourth-order valence-corrected chi connectivity index (χ4v) is 2.76. The highest BCUT2D eigenvalue weighted by molar-refractivity contribution is 5.66. The molecule has 0 aliphatic rings. The van der Waals surface area contributed by atoms with Crippen LogP contribution in [0.25, 0.3) is 0 Å². The molecule has 0 fully saturated rings. The first-order valence-electron chi connectivity index (χ1n) is 8.96. The number of isocyanates is 1. The summed E-state index contributed by atoms with van der Waals surface area (Å²) in [6.07, 6.45) is 2.90. The number of rotatable bonds is 11. The van der Waals surface area contributed by atoms with Crippen molar-refractivity contribution < 1.29 is 19.1 Å². The average molecular weight is 362 g/mol. The summed E-state index contributed by atoms with van der Waals surface area (Å²) in [4.78, 5) is 25.6. The molecule has 0 bridgehead atoms. The Labute approximate surface area is 156 Å². The summed E-state index contributed by atoms with van der Waals surface area (Å²) < 4.78 is 10.6. The maximum Gasteiger partial charge on any atom is 0.407 e. The van der Waals surface area contributed by atoms with E-state index in [0.717, 1.165) is 18.6 Å². The minimum absolute atomic E-state index is 0.0509. The van der Waals surface area contributed by atoms with E-state index in [0.29, 0.717) is 25.6 Å². The van der Waals surface area contributed by atoms with Gasteiger partial charge in [0.05, 0.1) is 6.54 Å². The molecule has 6 heteroatoms. The van der Waals surface area contributed by atoms with E-state index in [1.54, 1.807) is 6.08 Å². The molecule has 1 amide bonds. The normalized spacial score (nSPS) is 12.0. The highest BCUT2D eigenvalue weighted by Crippen LogP contribution is 2.27. The van der Waals surface area contributed by atoms with Crippen molar-refractivity contribution in [3.05, 3.63) is 29.8 Å². The van der Waals surface area contributed by atoms with Crippen molar-refractivity contribution in [2.24, 2.45) is 16.3 Å². The van der Waals surface area contributed by atoms with E-state index in [2.05, 4.69) is 31.1 Å². The molecule has 0 saturated heterocycles. The number of ether oxygens (including phenoxy) is 2. The second-order valence-corrected chi connectivity index (χ2v) is 7.39. The molecule has 1 N–H and O–H groups in total. The van der Waals surface area contributed by atoms with E-state index >= 15 is 0 Å². The summed E-state index contributed by atoms with van der Waals surface area (Å²) in [6, 6.07) is 7.71. The first-order chi connectivity index (χ1) is 12.3. The van der Waals surface area contributed by atoms with Crippen molar-refractivity contribution in [3.63, 3.8) is 0 Å². The molecule has 1 unspecified atom stereocenters. The largest absolute Gasteiger partial charge is 0.490 e. The second kappa shape index (κ2) is 11.3. The van der Waals surface area contributed by atoms with Gasteiger partial charge in [-0.2, -0.15) is 0 Å². The maximum absolute atomic E-state index is 11.7. The van der Waals surface area contributed by atoms with Gasteiger partial charge in [0, 0.05) is 6.54 Å². The topological polar surface area (TPSA) is 77.0 Å². The summed E-state index contributed by atoms with van der Waals surface area (Å²) in [7, 11) is 0. The molecule has 0 saturated carbocycles. The minimum atomic E-state index is -0.436. The second-order valence-electron chi connectivity index (χ2n) is 7.39. The third-order valence-corrected chi connectivity index (χ3v) is 3.99. The number of hydrogen-bond donors (Lipinski definition) is 1. The molecular formula is C20H30N2O4. The zero-order valence-electron chi connectivity index (χ0n) is 16.2. The molecule has 1 aromatic rings. The van der Waals surface area contributed by atoms with Gasteiger partial charge in [0.25, 0.3) is 0 Å². The van der Waals surface area contributed by atoms with Gasteiger partial charge in [-0.3, -0.25) is 0 Å². The van der Waals surface area contributed by atoms with Crippen LogP contribution in [0.2, 0.25) is 0 Å². The van der Waals surface area contributed by atoms with Gasteiger partial charge in [-0.05, 0) is 43.2 Å². The zero-order chi connectivity index (χ0) is 19.4. The number of aliphatic imine (C=N–C) groups is 1. The van der Waals surface area contributed by atoms with Crippen molar-refractivity contribution in [1.82, 2.24) is 5.32 Å². The Bertz CT molecular complexity index is 592. The lowest BCUT2D eigenvalue weighted by molar-refractivity contribution is 0.124. The van der Waals surface area contributed by atoms with Crippen LogP contribution in [0.3, 0.4) is 0 Å². The first-order valence-corrected chi connectivity index (χ1v) is 8.96. The third-order valence-electron chi connectivity index (χ3n) is 3.99. The number of nitrogens with one attached hydrogen (secondary N) is 1. The van der Waals surface area contributed by atoms with Gasteiger partial charge < -0.3 is 14.8 Å². The van der Waals surface area contributed by atoms with Crippen LogP contribution in [-0.4, -0.2) is 38.5 Å². The van der Waals surface area contributed by atoms with Crippen molar-refractivity contribution in [2.75, 3.05) is 26.3 Å². The fourth-order valence-electron chi connectivity index (χ4n) is 2.76. The standard InChI is InChI=1S/C20H30N2O4/c1-16-5-7-18(8-6-16)25-11-12-26-19(24)22-10-9-17(2)13-20(3,4)14-21-15-23/h5-8,17H,9-14H2,1-4H3,(H,22,24).